The van der Waals surface area contributed by atoms with Crippen LogP contribution in [-0.4, -0.2) is 25.6 Å². The molecule has 3 N–H and O–H groups in total. The highest BCUT2D eigenvalue weighted by Crippen LogP contribution is 2.21. The van der Waals surface area contributed by atoms with Crippen molar-refractivity contribution >= 4 is 5.91 Å². The fourth-order valence-corrected chi connectivity index (χ4v) is 1.74. The molecule has 0 aromatic heterocycles. The van der Waals surface area contributed by atoms with E-state index in [2.05, 4.69) is 5.32 Å². The number of nitrogens with one attached hydrogen (secondary N) is 1. The molecule has 5 heteroatoms. The maximum atomic E-state index is 13.2. The number of carbonyl (C=O) groups is 1. The Labute approximate surface area is 113 Å². The van der Waals surface area contributed by atoms with Crippen LogP contribution in [0.5, 0.6) is 5.75 Å². The van der Waals surface area contributed by atoms with Gasteiger partial charge < -0.3 is 15.8 Å². The van der Waals surface area contributed by atoms with Crippen LogP contribution in [0.25, 0.3) is 0 Å². The molecule has 1 unspecified atom stereocenters. The smallest absolute Gasteiger partial charge is 0.219 e. The van der Waals surface area contributed by atoms with Crippen molar-refractivity contribution in [2.75, 3.05) is 13.7 Å². The van der Waals surface area contributed by atoms with Gasteiger partial charge >= 0.3 is 0 Å². The molecule has 0 aliphatic rings. The van der Waals surface area contributed by atoms with E-state index in [9.17, 15) is 9.18 Å². The van der Waals surface area contributed by atoms with Crippen molar-refractivity contribution in [1.82, 2.24) is 5.32 Å². The second kappa shape index (κ2) is 7.74. The second-order valence-corrected chi connectivity index (χ2v) is 4.56. The zero-order chi connectivity index (χ0) is 14.3. The van der Waals surface area contributed by atoms with E-state index in [4.69, 9.17) is 10.5 Å². The predicted molar refractivity (Wildman–Crippen MR) is 72.5 cm³/mol. The van der Waals surface area contributed by atoms with E-state index >= 15 is 0 Å². The van der Waals surface area contributed by atoms with Crippen molar-refractivity contribution < 1.29 is 13.9 Å². The normalized spacial score (nSPS) is 12.0. The van der Waals surface area contributed by atoms with Gasteiger partial charge in [0.2, 0.25) is 5.91 Å². The Bertz CT molecular complexity index is 422. The molecule has 1 rings (SSSR count). The summed E-state index contributed by atoms with van der Waals surface area (Å²) in [6.45, 7) is 2.28. The molecule has 1 aromatic carbocycles. The number of rotatable bonds is 7. The Morgan fingerprint density at radius 2 is 2.26 bits per heavy atom. The van der Waals surface area contributed by atoms with E-state index < -0.39 is 0 Å². The minimum atomic E-state index is -0.298. The first-order valence-corrected chi connectivity index (χ1v) is 6.40. The molecule has 0 aliphatic heterocycles. The summed E-state index contributed by atoms with van der Waals surface area (Å²) in [4.78, 5) is 11.0. The van der Waals surface area contributed by atoms with Gasteiger partial charge in [-0.15, -0.1) is 0 Å². The number of halogens is 1. The Hall–Kier alpha value is -1.62. The first-order valence-electron chi connectivity index (χ1n) is 6.40. The summed E-state index contributed by atoms with van der Waals surface area (Å²) in [6.07, 6.45) is 1.59. The quantitative estimate of drug-likeness (QED) is 0.739. The number of nitrogens with two attached hydrogens (primary N) is 1. The van der Waals surface area contributed by atoms with Gasteiger partial charge in [-0.3, -0.25) is 4.79 Å². The van der Waals surface area contributed by atoms with Gasteiger partial charge in [0.15, 0.2) is 0 Å². The minimum Gasteiger partial charge on any atom is -0.493 e. The molecule has 1 amide bonds. The average Bonchev–Trinajstić information content (AvgIpc) is 2.35. The zero-order valence-corrected chi connectivity index (χ0v) is 11.4. The van der Waals surface area contributed by atoms with E-state index in [0.717, 1.165) is 5.56 Å². The van der Waals surface area contributed by atoms with Crippen molar-refractivity contribution in [2.45, 2.75) is 32.2 Å². The highest BCUT2D eigenvalue weighted by Gasteiger charge is 2.08. The Kier molecular flexibility index (Phi) is 6.29. The summed E-state index contributed by atoms with van der Waals surface area (Å²) in [5.74, 6) is 0.322. The summed E-state index contributed by atoms with van der Waals surface area (Å²) >= 11 is 0. The van der Waals surface area contributed by atoms with Crippen LogP contribution >= 0.6 is 0 Å². The topological polar surface area (TPSA) is 64.3 Å². The van der Waals surface area contributed by atoms with Crippen LogP contribution in [0.3, 0.4) is 0 Å². The first kappa shape index (κ1) is 15.4. The molecule has 0 fully saturated rings. The molecule has 1 aromatic rings. The van der Waals surface area contributed by atoms with Crippen LogP contribution in [0.2, 0.25) is 0 Å². The van der Waals surface area contributed by atoms with Crippen LogP contribution < -0.4 is 15.8 Å². The van der Waals surface area contributed by atoms with Gasteiger partial charge in [-0.2, -0.15) is 0 Å². The Balaban J connectivity index is 2.54. The van der Waals surface area contributed by atoms with Crippen molar-refractivity contribution in [3.63, 3.8) is 0 Å². The largest absolute Gasteiger partial charge is 0.493 e. The van der Waals surface area contributed by atoms with Crippen molar-refractivity contribution in [2.24, 2.45) is 5.73 Å². The molecule has 0 bridgehead atoms. The fraction of sp³-hybridized carbons (Fsp3) is 0.500. The fourth-order valence-electron chi connectivity index (χ4n) is 1.74. The van der Waals surface area contributed by atoms with Crippen LogP contribution in [0, 0.1) is 5.82 Å². The van der Waals surface area contributed by atoms with E-state index in [1.54, 1.807) is 13.1 Å². The molecular weight excluding hydrogens is 247 g/mol. The van der Waals surface area contributed by atoms with Gasteiger partial charge in [0, 0.05) is 19.5 Å². The van der Waals surface area contributed by atoms with E-state index in [0.29, 0.717) is 31.6 Å². The number of benzene rings is 1. The number of ether oxygens (including phenoxy) is 1. The van der Waals surface area contributed by atoms with E-state index in [1.807, 2.05) is 6.92 Å². The maximum absolute atomic E-state index is 13.2. The number of hydrogen-bond donors (Lipinski definition) is 2. The number of hydrogen-bond acceptors (Lipinski definition) is 3. The van der Waals surface area contributed by atoms with Gasteiger partial charge in [-0.25, -0.2) is 4.39 Å². The molecule has 0 spiro atoms. The maximum Gasteiger partial charge on any atom is 0.219 e. The van der Waals surface area contributed by atoms with Crippen LogP contribution in [0.1, 0.15) is 25.3 Å². The molecule has 19 heavy (non-hydrogen) atoms. The highest BCUT2D eigenvalue weighted by atomic mass is 19.1. The third-order valence-electron chi connectivity index (χ3n) is 2.65. The summed E-state index contributed by atoms with van der Waals surface area (Å²) < 4.78 is 18.8. The lowest BCUT2D eigenvalue weighted by atomic mass is 10.1. The molecule has 1 atom stereocenters. The SMILES string of the molecule is CNC(=O)CCCOc1ccc(F)cc1CC(C)N. The van der Waals surface area contributed by atoms with Crippen molar-refractivity contribution in [3.8, 4) is 5.75 Å². The molecule has 0 aliphatic carbocycles. The van der Waals surface area contributed by atoms with Gasteiger partial charge in [0.25, 0.3) is 0 Å². The third kappa shape index (κ3) is 5.70. The summed E-state index contributed by atoms with van der Waals surface area (Å²) in [7, 11) is 1.60. The first-order chi connectivity index (χ1) is 9.02. The molecule has 0 saturated heterocycles. The minimum absolute atomic E-state index is 0.0153. The molecular formula is C14H21FN2O2. The number of carbonyl (C=O) groups excluding carboxylic acids is 1. The lowest BCUT2D eigenvalue weighted by Gasteiger charge is -2.13. The zero-order valence-electron chi connectivity index (χ0n) is 11.4. The highest BCUT2D eigenvalue weighted by molar-refractivity contribution is 5.75. The van der Waals surface area contributed by atoms with Gasteiger partial charge in [-0.1, -0.05) is 0 Å². The van der Waals surface area contributed by atoms with Crippen LogP contribution in [-0.2, 0) is 11.2 Å². The van der Waals surface area contributed by atoms with Crippen molar-refractivity contribution in [1.29, 1.82) is 0 Å². The summed E-state index contributed by atoms with van der Waals surface area (Å²) in [6, 6.07) is 4.35. The van der Waals surface area contributed by atoms with Gasteiger partial charge in [0.05, 0.1) is 6.61 Å². The average molecular weight is 268 g/mol. The lowest BCUT2D eigenvalue weighted by Crippen LogP contribution is -2.19. The third-order valence-corrected chi connectivity index (χ3v) is 2.65. The van der Waals surface area contributed by atoms with Crippen LogP contribution in [0.15, 0.2) is 18.2 Å². The summed E-state index contributed by atoms with van der Waals surface area (Å²) in [5.41, 5.74) is 6.48. The lowest BCUT2D eigenvalue weighted by molar-refractivity contribution is -0.120. The van der Waals surface area contributed by atoms with Crippen molar-refractivity contribution in [3.05, 3.63) is 29.6 Å². The summed E-state index contributed by atoms with van der Waals surface area (Å²) in [5, 5.41) is 2.55. The van der Waals surface area contributed by atoms with E-state index in [1.165, 1.54) is 12.1 Å². The molecule has 0 saturated carbocycles. The van der Waals surface area contributed by atoms with Gasteiger partial charge in [0.1, 0.15) is 11.6 Å². The monoisotopic (exact) mass is 268 g/mol. The van der Waals surface area contributed by atoms with Crippen LogP contribution in [0.4, 0.5) is 4.39 Å². The predicted octanol–water partition coefficient (Wildman–Crippen LogP) is 1.62. The molecule has 0 radical (unpaired) electrons. The van der Waals surface area contributed by atoms with Gasteiger partial charge in [-0.05, 0) is 43.5 Å². The second-order valence-electron chi connectivity index (χ2n) is 4.56. The standard InChI is InChI=1S/C14H21FN2O2/c1-10(16)8-11-9-12(15)5-6-13(11)19-7-3-4-14(18)17-2/h5-6,9-10H,3-4,7-8,16H2,1-2H3,(H,17,18). The Morgan fingerprint density at radius 3 is 2.89 bits per heavy atom. The molecule has 0 heterocycles. The molecule has 106 valence electrons. The Morgan fingerprint density at radius 1 is 1.53 bits per heavy atom. The molecule has 4 nitrogen and oxygen atoms in total. The van der Waals surface area contributed by atoms with E-state index in [-0.39, 0.29) is 17.8 Å². The number of amides is 1.